The van der Waals surface area contributed by atoms with Gasteiger partial charge in [0, 0.05) is 6.54 Å². The molecular formula is C14H22N4O. The van der Waals surface area contributed by atoms with Crippen molar-refractivity contribution in [1.29, 1.82) is 0 Å². The molecule has 3 N–H and O–H groups in total. The maximum Gasteiger partial charge on any atom is 0.253 e. The van der Waals surface area contributed by atoms with Crippen molar-refractivity contribution in [2.24, 2.45) is 11.7 Å². The standard InChI is InChI=1S/C14H22N4O/c1-4-12-11(7-9(2)17-18-12)13(19)16-14(3,8-15)10-5-6-10/h7,10H,4-6,8,15H2,1-3H3,(H,16,19). The van der Waals surface area contributed by atoms with E-state index in [0.29, 0.717) is 24.4 Å². The number of carbonyl (C=O) groups is 1. The summed E-state index contributed by atoms with van der Waals surface area (Å²) in [6.07, 6.45) is 2.98. The van der Waals surface area contributed by atoms with Gasteiger partial charge < -0.3 is 11.1 Å². The highest BCUT2D eigenvalue weighted by Crippen LogP contribution is 2.39. The number of hydrogen-bond donors (Lipinski definition) is 2. The zero-order valence-electron chi connectivity index (χ0n) is 11.9. The van der Waals surface area contributed by atoms with Crippen molar-refractivity contribution >= 4 is 5.91 Å². The van der Waals surface area contributed by atoms with Crippen molar-refractivity contribution in [3.63, 3.8) is 0 Å². The molecular weight excluding hydrogens is 240 g/mol. The van der Waals surface area contributed by atoms with Crippen LogP contribution in [0.3, 0.4) is 0 Å². The summed E-state index contributed by atoms with van der Waals surface area (Å²) in [5.74, 6) is 0.414. The number of amides is 1. The lowest BCUT2D eigenvalue weighted by Gasteiger charge is -2.29. The first-order valence-electron chi connectivity index (χ1n) is 6.86. The molecule has 104 valence electrons. The fourth-order valence-electron chi connectivity index (χ4n) is 2.34. The van der Waals surface area contributed by atoms with Crippen LogP contribution in [0.1, 0.15) is 48.4 Å². The predicted octanol–water partition coefficient (Wildman–Crippen LogP) is 1.20. The van der Waals surface area contributed by atoms with Crippen molar-refractivity contribution in [3.05, 3.63) is 23.0 Å². The summed E-state index contributed by atoms with van der Waals surface area (Å²) in [7, 11) is 0. The van der Waals surface area contributed by atoms with Crippen LogP contribution in [0, 0.1) is 12.8 Å². The van der Waals surface area contributed by atoms with Gasteiger partial charge in [-0.15, -0.1) is 0 Å². The normalized spacial score (nSPS) is 17.9. The van der Waals surface area contributed by atoms with Crippen LogP contribution >= 0.6 is 0 Å². The molecule has 0 aliphatic heterocycles. The number of aryl methyl sites for hydroxylation is 2. The number of nitrogens with zero attached hydrogens (tertiary/aromatic N) is 2. The van der Waals surface area contributed by atoms with Crippen LogP contribution in [-0.2, 0) is 6.42 Å². The predicted molar refractivity (Wildman–Crippen MR) is 73.8 cm³/mol. The van der Waals surface area contributed by atoms with Gasteiger partial charge in [0.05, 0.1) is 22.5 Å². The minimum atomic E-state index is -0.306. The average molecular weight is 262 g/mol. The van der Waals surface area contributed by atoms with E-state index < -0.39 is 0 Å². The Morgan fingerprint density at radius 2 is 2.21 bits per heavy atom. The molecule has 0 aromatic carbocycles. The van der Waals surface area contributed by atoms with Crippen LogP contribution in [0.25, 0.3) is 0 Å². The molecule has 2 rings (SSSR count). The number of nitrogens with two attached hydrogens (primary N) is 1. The molecule has 1 atom stereocenters. The molecule has 1 fully saturated rings. The fraction of sp³-hybridized carbons (Fsp3) is 0.643. The first-order chi connectivity index (χ1) is 9.00. The molecule has 1 heterocycles. The first kappa shape index (κ1) is 13.9. The van der Waals surface area contributed by atoms with Crippen molar-refractivity contribution < 1.29 is 4.79 Å². The van der Waals surface area contributed by atoms with E-state index in [4.69, 9.17) is 5.73 Å². The molecule has 19 heavy (non-hydrogen) atoms. The molecule has 0 radical (unpaired) electrons. The molecule has 0 saturated heterocycles. The average Bonchev–Trinajstić information content (AvgIpc) is 3.23. The Morgan fingerprint density at radius 3 is 2.74 bits per heavy atom. The highest BCUT2D eigenvalue weighted by atomic mass is 16.1. The Bertz CT molecular complexity index is 484. The van der Waals surface area contributed by atoms with E-state index in [1.54, 1.807) is 6.07 Å². The monoisotopic (exact) mass is 262 g/mol. The molecule has 1 unspecified atom stereocenters. The van der Waals surface area contributed by atoms with Gasteiger partial charge in [0.25, 0.3) is 5.91 Å². The second-order valence-corrected chi connectivity index (χ2v) is 5.55. The van der Waals surface area contributed by atoms with Gasteiger partial charge in [0.1, 0.15) is 0 Å². The lowest BCUT2D eigenvalue weighted by atomic mass is 9.95. The topological polar surface area (TPSA) is 80.9 Å². The lowest BCUT2D eigenvalue weighted by Crippen LogP contribution is -2.53. The highest BCUT2D eigenvalue weighted by molar-refractivity contribution is 5.95. The van der Waals surface area contributed by atoms with Crippen molar-refractivity contribution in [3.8, 4) is 0 Å². The maximum atomic E-state index is 12.4. The summed E-state index contributed by atoms with van der Waals surface area (Å²) in [5.41, 5.74) is 7.63. The zero-order chi connectivity index (χ0) is 14.0. The molecule has 0 bridgehead atoms. The van der Waals surface area contributed by atoms with E-state index in [1.807, 2.05) is 20.8 Å². The zero-order valence-corrected chi connectivity index (χ0v) is 11.9. The van der Waals surface area contributed by atoms with Crippen molar-refractivity contribution in [2.75, 3.05) is 6.54 Å². The molecule has 1 aliphatic carbocycles. The van der Waals surface area contributed by atoms with Gasteiger partial charge in [-0.1, -0.05) is 6.92 Å². The van der Waals surface area contributed by atoms with E-state index in [1.165, 1.54) is 0 Å². The maximum absolute atomic E-state index is 12.4. The molecule has 5 nitrogen and oxygen atoms in total. The second kappa shape index (κ2) is 5.25. The third-order valence-corrected chi connectivity index (χ3v) is 3.87. The minimum Gasteiger partial charge on any atom is -0.345 e. The number of carbonyl (C=O) groups excluding carboxylic acids is 1. The van der Waals surface area contributed by atoms with Gasteiger partial charge >= 0.3 is 0 Å². The number of aromatic nitrogens is 2. The molecule has 1 aliphatic rings. The minimum absolute atomic E-state index is 0.0882. The van der Waals surface area contributed by atoms with Crippen LogP contribution in [0.4, 0.5) is 0 Å². The molecule has 1 aromatic rings. The van der Waals surface area contributed by atoms with Gasteiger partial charge in [-0.05, 0) is 45.1 Å². The number of hydrogen-bond acceptors (Lipinski definition) is 4. The Labute approximate surface area is 114 Å². The Balaban J connectivity index is 2.21. The van der Waals surface area contributed by atoms with E-state index >= 15 is 0 Å². The third-order valence-electron chi connectivity index (χ3n) is 3.87. The van der Waals surface area contributed by atoms with E-state index in [9.17, 15) is 4.79 Å². The molecule has 5 heteroatoms. The van der Waals surface area contributed by atoms with Gasteiger partial charge in [-0.2, -0.15) is 10.2 Å². The van der Waals surface area contributed by atoms with Gasteiger partial charge in [-0.25, -0.2) is 0 Å². The summed E-state index contributed by atoms with van der Waals surface area (Å²) in [6.45, 7) is 6.30. The van der Waals surface area contributed by atoms with Crippen LogP contribution in [0.15, 0.2) is 6.07 Å². The van der Waals surface area contributed by atoms with Crippen LogP contribution < -0.4 is 11.1 Å². The van der Waals surface area contributed by atoms with Gasteiger partial charge in [0.2, 0.25) is 0 Å². The highest BCUT2D eigenvalue weighted by Gasteiger charge is 2.41. The molecule has 1 saturated carbocycles. The molecule has 1 aromatic heterocycles. The lowest BCUT2D eigenvalue weighted by molar-refractivity contribution is 0.0896. The van der Waals surface area contributed by atoms with Crippen LogP contribution in [0.5, 0.6) is 0 Å². The van der Waals surface area contributed by atoms with Gasteiger partial charge in [-0.3, -0.25) is 4.79 Å². The molecule has 0 spiro atoms. The Kier molecular flexibility index (Phi) is 3.85. The van der Waals surface area contributed by atoms with Crippen LogP contribution in [-0.4, -0.2) is 28.2 Å². The largest absolute Gasteiger partial charge is 0.345 e. The van der Waals surface area contributed by atoms with Crippen molar-refractivity contribution in [1.82, 2.24) is 15.5 Å². The van der Waals surface area contributed by atoms with Crippen LogP contribution in [0.2, 0.25) is 0 Å². The quantitative estimate of drug-likeness (QED) is 0.835. The van der Waals surface area contributed by atoms with Gasteiger partial charge in [0.15, 0.2) is 0 Å². The number of rotatable bonds is 5. The van der Waals surface area contributed by atoms with Crippen molar-refractivity contribution in [2.45, 2.75) is 45.6 Å². The Morgan fingerprint density at radius 1 is 1.53 bits per heavy atom. The SMILES string of the molecule is CCc1nnc(C)cc1C(=O)NC(C)(CN)C1CC1. The smallest absolute Gasteiger partial charge is 0.253 e. The summed E-state index contributed by atoms with van der Waals surface area (Å²) >= 11 is 0. The summed E-state index contributed by atoms with van der Waals surface area (Å²) < 4.78 is 0. The second-order valence-electron chi connectivity index (χ2n) is 5.55. The summed E-state index contributed by atoms with van der Waals surface area (Å²) in [6, 6.07) is 1.80. The Hall–Kier alpha value is -1.49. The summed E-state index contributed by atoms with van der Waals surface area (Å²) in [4.78, 5) is 12.4. The van der Waals surface area contributed by atoms with E-state index in [-0.39, 0.29) is 11.4 Å². The molecule has 1 amide bonds. The third kappa shape index (κ3) is 2.92. The fourth-order valence-corrected chi connectivity index (χ4v) is 2.34. The first-order valence-corrected chi connectivity index (χ1v) is 6.86. The van der Waals surface area contributed by atoms with E-state index in [2.05, 4.69) is 15.5 Å². The number of nitrogens with one attached hydrogen (secondary N) is 1. The summed E-state index contributed by atoms with van der Waals surface area (Å²) in [5, 5.41) is 11.2. The van der Waals surface area contributed by atoms with E-state index in [0.717, 1.165) is 24.2 Å².